The van der Waals surface area contributed by atoms with Crippen LogP contribution in [0.1, 0.15) is 49.5 Å². The first kappa shape index (κ1) is 11.1. The molecule has 18 heavy (non-hydrogen) atoms. The minimum atomic E-state index is 0.691. The molecular formula is C16H24N2. The summed E-state index contributed by atoms with van der Waals surface area (Å²) in [5, 5.41) is 0. The van der Waals surface area contributed by atoms with Crippen LogP contribution in [-0.4, -0.2) is 4.57 Å². The third kappa shape index (κ3) is 1.45. The Morgan fingerprint density at radius 1 is 1.06 bits per heavy atom. The van der Waals surface area contributed by atoms with Crippen molar-refractivity contribution in [1.82, 2.24) is 4.57 Å². The molecule has 0 radical (unpaired) electrons. The average Bonchev–Trinajstić information content (AvgIpc) is 2.70. The molecule has 5 rings (SSSR count). The van der Waals surface area contributed by atoms with Gasteiger partial charge in [0.15, 0.2) is 0 Å². The summed E-state index contributed by atoms with van der Waals surface area (Å²) in [5.41, 5.74) is 8.71. The Hall–Kier alpha value is -0.760. The molecule has 0 aromatic carbocycles. The van der Waals surface area contributed by atoms with Crippen LogP contribution in [0.5, 0.6) is 0 Å². The second-order valence-electron chi connectivity index (χ2n) is 6.96. The van der Waals surface area contributed by atoms with E-state index in [4.69, 9.17) is 5.73 Å². The highest BCUT2D eigenvalue weighted by molar-refractivity contribution is 5.18. The Kier molecular flexibility index (Phi) is 2.38. The van der Waals surface area contributed by atoms with Gasteiger partial charge in [-0.15, -0.1) is 0 Å². The minimum absolute atomic E-state index is 0.691. The fraction of sp³-hybridized carbons (Fsp3) is 0.750. The van der Waals surface area contributed by atoms with Crippen LogP contribution in [-0.2, 0) is 6.54 Å². The molecule has 2 heteroatoms. The average molecular weight is 244 g/mol. The van der Waals surface area contributed by atoms with Crippen LogP contribution in [0.25, 0.3) is 0 Å². The first-order valence-electron chi connectivity index (χ1n) is 7.63. The molecule has 0 atom stereocenters. The zero-order valence-electron chi connectivity index (χ0n) is 11.3. The van der Waals surface area contributed by atoms with E-state index in [2.05, 4.69) is 23.6 Å². The summed E-state index contributed by atoms with van der Waals surface area (Å²) >= 11 is 0. The first-order valence-corrected chi connectivity index (χ1v) is 7.63. The predicted octanol–water partition coefficient (Wildman–Crippen LogP) is 3.25. The number of hydrogen-bond acceptors (Lipinski definition) is 1. The smallest absolute Gasteiger partial charge is 0.0393 e. The molecule has 0 amide bonds. The molecule has 0 saturated heterocycles. The Morgan fingerprint density at radius 2 is 1.67 bits per heavy atom. The van der Waals surface area contributed by atoms with E-state index in [9.17, 15) is 0 Å². The highest BCUT2D eigenvalue weighted by Gasteiger charge is 2.49. The molecule has 4 saturated carbocycles. The maximum atomic E-state index is 5.94. The summed E-state index contributed by atoms with van der Waals surface area (Å²) in [6, 6.07) is 5.26. The summed E-state index contributed by atoms with van der Waals surface area (Å²) in [7, 11) is 0. The summed E-state index contributed by atoms with van der Waals surface area (Å²) in [6.45, 7) is 2.95. The van der Waals surface area contributed by atoms with Crippen molar-refractivity contribution in [1.29, 1.82) is 0 Å². The van der Waals surface area contributed by atoms with Crippen LogP contribution in [0.2, 0.25) is 0 Å². The first-order chi connectivity index (χ1) is 8.76. The number of nitrogens with zero attached hydrogens (tertiary/aromatic N) is 1. The summed E-state index contributed by atoms with van der Waals surface area (Å²) < 4.78 is 2.60. The van der Waals surface area contributed by atoms with Gasteiger partial charge in [0.05, 0.1) is 0 Å². The van der Waals surface area contributed by atoms with Crippen molar-refractivity contribution < 1.29 is 0 Å². The van der Waals surface area contributed by atoms with Crippen molar-refractivity contribution in [2.75, 3.05) is 0 Å². The number of aromatic nitrogens is 1. The highest BCUT2D eigenvalue weighted by Crippen LogP contribution is 2.58. The molecule has 4 aliphatic rings. The zero-order valence-corrected chi connectivity index (χ0v) is 11.3. The van der Waals surface area contributed by atoms with Crippen molar-refractivity contribution in [2.45, 2.75) is 51.6 Å². The van der Waals surface area contributed by atoms with Gasteiger partial charge in [-0.2, -0.15) is 0 Å². The summed E-state index contributed by atoms with van der Waals surface area (Å²) in [5.74, 6) is 4.00. The molecule has 4 aliphatic carbocycles. The SMILES string of the molecule is Cc1ccc(CN)n1C1C2CC3CC(C2)CC1C3. The number of nitrogens with two attached hydrogens (primary N) is 1. The van der Waals surface area contributed by atoms with Gasteiger partial charge in [-0.05, 0) is 74.8 Å². The third-order valence-corrected chi connectivity index (χ3v) is 5.89. The van der Waals surface area contributed by atoms with Crippen LogP contribution in [0.3, 0.4) is 0 Å². The van der Waals surface area contributed by atoms with Gasteiger partial charge in [0, 0.05) is 24.0 Å². The Bertz CT molecular complexity index is 432. The molecule has 2 N–H and O–H groups in total. The molecule has 1 heterocycles. The molecule has 0 aliphatic heterocycles. The molecule has 0 unspecified atom stereocenters. The van der Waals surface area contributed by atoms with Gasteiger partial charge in [0.2, 0.25) is 0 Å². The van der Waals surface area contributed by atoms with E-state index < -0.39 is 0 Å². The zero-order chi connectivity index (χ0) is 12.3. The van der Waals surface area contributed by atoms with Gasteiger partial charge in [0.1, 0.15) is 0 Å². The molecule has 98 valence electrons. The fourth-order valence-corrected chi connectivity index (χ4v) is 5.51. The van der Waals surface area contributed by atoms with Gasteiger partial charge < -0.3 is 10.3 Å². The summed E-state index contributed by atoms with van der Waals surface area (Å²) in [6.07, 6.45) is 7.48. The monoisotopic (exact) mass is 244 g/mol. The molecule has 1 aromatic heterocycles. The van der Waals surface area contributed by atoms with E-state index in [1.807, 2.05) is 0 Å². The van der Waals surface area contributed by atoms with Gasteiger partial charge in [0.25, 0.3) is 0 Å². The van der Waals surface area contributed by atoms with E-state index in [1.165, 1.54) is 43.5 Å². The lowest BCUT2D eigenvalue weighted by atomic mass is 9.54. The van der Waals surface area contributed by atoms with Crippen molar-refractivity contribution >= 4 is 0 Å². The van der Waals surface area contributed by atoms with E-state index in [-0.39, 0.29) is 0 Å². The minimum Gasteiger partial charge on any atom is -0.344 e. The number of hydrogen-bond donors (Lipinski definition) is 1. The molecule has 1 aromatic rings. The van der Waals surface area contributed by atoms with Gasteiger partial charge in [-0.3, -0.25) is 0 Å². The van der Waals surface area contributed by atoms with Crippen molar-refractivity contribution in [2.24, 2.45) is 29.4 Å². The van der Waals surface area contributed by atoms with Crippen molar-refractivity contribution in [3.63, 3.8) is 0 Å². The van der Waals surface area contributed by atoms with Crippen LogP contribution in [0.4, 0.5) is 0 Å². The molecular weight excluding hydrogens is 220 g/mol. The molecule has 2 nitrogen and oxygen atoms in total. The van der Waals surface area contributed by atoms with Crippen LogP contribution in [0, 0.1) is 30.6 Å². The highest BCUT2D eigenvalue weighted by atomic mass is 15.1. The lowest BCUT2D eigenvalue weighted by Crippen LogP contribution is -2.46. The largest absolute Gasteiger partial charge is 0.344 e. The number of aryl methyl sites for hydroxylation is 1. The number of rotatable bonds is 2. The lowest BCUT2D eigenvalue weighted by molar-refractivity contribution is -0.0305. The van der Waals surface area contributed by atoms with Crippen LogP contribution < -0.4 is 5.73 Å². The molecule has 4 fully saturated rings. The van der Waals surface area contributed by atoms with E-state index in [1.54, 1.807) is 0 Å². The normalized spacial score (nSPS) is 41.6. The van der Waals surface area contributed by atoms with Crippen LogP contribution in [0.15, 0.2) is 12.1 Å². The fourth-order valence-electron chi connectivity index (χ4n) is 5.51. The maximum absolute atomic E-state index is 5.94. The Labute approximate surface area is 110 Å². The molecule has 0 spiro atoms. The molecule has 4 bridgehead atoms. The second-order valence-corrected chi connectivity index (χ2v) is 6.96. The predicted molar refractivity (Wildman–Crippen MR) is 73.1 cm³/mol. The van der Waals surface area contributed by atoms with Crippen molar-refractivity contribution in [3.05, 3.63) is 23.5 Å². The quantitative estimate of drug-likeness (QED) is 0.850. The van der Waals surface area contributed by atoms with Gasteiger partial charge in [-0.25, -0.2) is 0 Å². The standard InChI is InChI=1S/C16H24N2/c1-10-2-3-15(9-17)18(10)16-13-5-11-4-12(7-13)8-14(16)6-11/h2-3,11-14,16H,4-9,17H2,1H3. The van der Waals surface area contributed by atoms with E-state index in [0.29, 0.717) is 6.54 Å². The van der Waals surface area contributed by atoms with Crippen LogP contribution >= 0.6 is 0 Å². The van der Waals surface area contributed by atoms with E-state index in [0.717, 1.165) is 29.7 Å². The van der Waals surface area contributed by atoms with Gasteiger partial charge >= 0.3 is 0 Å². The Balaban J connectivity index is 1.74. The Morgan fingerprint density at radius 3 is 2.22 bits per heavy atom. The van der Waals surface area contributed by atoms with Crippen molar-refractivity contribution in [3.8, 4) is 0 Å². The third-order valence-electron chi connectivity index (χ3n) is 5.89. The van der Waals surface area contributed by atoms with Gasteiger partial charge in [-0.1, -0.05) is 0 Å². The van der Waals surface area contributed by atoms with E-state index >= 15 is 0 Å². The lowest BCUT2D eigenvalue weighted by Gasteiger charge is -2.55. The summed E-state index contributed by atoms with van der Waals surface area (Å²) in [4.78, 5) is 0. The second kappa shape index (κ2) is 3.86. The maximum Gasteiger partial charge on any atom is 0.0393 e. The topological polar surface area (TPSA) is 30.9 Å².